The van der Waals surface area contributed by atoms with Crippen molar-refractivity contribution in [3.8, 4) is 0 Å². The second kappa shape index (κ2) is 3.82. The van der Waals surface area contributed by atoms with Gasteiger partial charge >= 0.3 is 0 Å². The predicted octanol–water partition coefficient (Wildman–Crippen LogP) is 3.09. The van der Waals surface area contributed by atoms with Crippen molar-refractivity contribution in [2.24, 2.45) is 23.2 Å². The third kappa shape index (κ3) is 1.76. The van der Waals surface area contributed by atoms with E-state index >= 15 is 0 Å². The molecule has 1 saturated heterocycles. The second-order valence-electron chi connectivity index (χ2n) is 5.99. The van der Waals surface area contributed by atoms with Crippen LogP contribution in [0.2, 0.25) is 0 Å². The number of hydrogen-bond donors (Lipinski definition) is 1. The maximum absolute atomic E-state index is 11.7. The summed E-state index contributed by atoms with van der Waals surface area (Å²) in [6.45, 7) is 4.71. The number of carbonyl (C=O) groups excluding carboxylic acids is 1. The molecule has 4 heteroatoms. The van der Waals surface area contributed by atoms with Gasteiger partial charge in [0.25, 0.3) is 5.91 Å². The summed E-state index contributed by atoms with van der Waals surface area (Å²) in [4.78, 5) is 12.5. The van der Waals surface area contributed by atoms with Crippen LogP contribution in [0.5, 0.6) is 0 Å². The van der Waals surface area contributed by atoms with Gasteiger partial charge in [-0.2, -0.15) is 0 Å². The van der Waals surface area contributed by atoms with Crippen molar-refractivity contribution >= 4 is 34.2 Å². The van der Waals surface area contributed by atoms with Gasteiger partial charge in [-0.3, -0.25) is 4.79 Å². The van der Waals surface area contributed by atoms with Crippen LogP contribution in [0.25, 0.3) is 0 Å². The zero-order valence-corrected chi connectivity index (χ0v) is 11.8. The summed E-state index contributed by atoms with van der Waals surface area (Å²) < 4.78 is 0.599. The van der Waals surface area contributed by atoms with Crippen LogP contribution >= 0.6 is 24.0 Å². The highest BCUT2D eigenvalue weighted by atomic mass is 32.2. The molecular formula is C13H17NOS2. The van der Waals surface area contributed by atoms with Crippen molar-refractivity contribution in [1.29, 1.82) is 0 Å². The van der Waals surface area contributed by atoms with Crippen LogP contribution in [-0.2, 0) is 4.79 Å². The summed E-state index contributed by atoms with van der Waals surface area (Å²) in [6.07, 6.45) is 6.25. The van der Waals surface area contributed by atoms with Crippen molar-refractivity contribution in [1.82, 2.24) is 5.32 Å². The Hall–Kier alpha value is -0.350. The highest BCUT2D eigenvalue weighted by molar-refractivity contribution is 8.26. The van der Waals surface area contributed by atoms with E-state index in [1.807, 2.05) is 0 Å². The van der Waals surface area contributed by atoms with E-state index in [0.717, 1.165) is 16.7 Å². The maximum atomic E-state index is 11.7. The van der Waals surface area contributed by atoms with E-state index in [2.05, 4.69) is 25.2 Å². The van der Waals surface area contributed by atoms with Crippen molar-refractivity contribution in [3.63, 3.8) is 0 Å². The van der Waals surface area contributed by atoms with Gasteiger partial charge in [0, 0.05) is 0 Å². The number of allylic oxidation sites excluding steroid dienone is 1. The van der Waals surface area contributed by atoms with Crippen LogP contribution in [0.1, 0.15) is 33.1 Å². The zero-order chi connectivity index (χ0) is 12.2. The number of hydrogen-bond acceptors (Lipinski definition) is 3. The van der Waals surface area contributed by atoms with E-state index in [1.165, 1.54) is 31.0 Å². The summed E-state index contributed by atoms with van der Waals surface area (Å²) in [5, 5.41) is 2.70. The van der Waals surface area contributed by atoms with Gasteiger partial charge in [-0.15, -0.1) is 0 Å². The van der Waals surface area contributed by atoms with Crippen molar-refractivity contribution in [2.75, 3.05) is 0 Å². The molecule has 2 nitrogen and oxygen atoms in total. The SMILES string of the molecule is CC1(C)C2CCC(C2)C1/C=C1/SC(=S)NC1=O. The van der Waals surface area contributed by atoms with Crippen LogP contribution in [0.3, 0.4) is 0 Å². The molecule has 2 saturated carbocycles. The third-order valence-electron chi connectivity index (χ3n) is 4.87. The molecule has 0 aromatic carbocycles. The minimum absolute atomic E-state index is 0.00132. The number of rotatable bonds is 1. The Morgan fingerprint density at radius 3 is 2.76 bits per heavy atom. The first-order valence-electron chi connectivity index (χ1n) is 6.23. The van der Waals surface area contributed by atoms with Gasteiger partial charge in [-0.1, -0.05) is 43.9 Å². The van der Waals surface area contributed by atoms with Gasteiger partial charge in [-0.25, -0.2) is 0 Å². The molecule has 17 heavy (non-hydrogen) atoms. The van der Waals surface area contributed by atoms with E-state index in [9.17, 15) is 4.79 Å². The van der Waals surface area contributed by atoms with E-state index < -0.39 is 0 Å². The van der Waals surface area contributed by atoms with Gasteiger partial charge in [0.2, 0.25) is 0 Å². The van der Waals surface area contributed by atoms with E-state index in [-0.39, 0.29) is 5.91 Å². The Morgan fingerprint density at radius 2 is 2.24 bits per heavy atom. The topological polar surface area (TPSA) is 29.1 Å². The number of thiocarbonyl (C=S) groups is 1. The monoisotopic (exact) mass is 267 g/mol. The molecule has 0 spiro atoms. The lowest BCUT2D eigenvalue weighted by Crippen LogP contribution is -2.29. The Labute approximate surface area is 112 Å². The highest BCUT2D eigenvalue weighted by Crippen LogP contribution is 2.60. The molecule has 1 heterocycles. The lowest BCUT2D eigenvalue weighted by atomic mass is 9.68. The molecule has 2 bridgehead atoms. The average molecular weight is 267 g/mol. The molecule has 1 amide bonds. The normalized spacial score (nSPS) is 41.3. The van der Waals surface area contributed by atoms with Gasteiger partial charge < -0.3 is 5.32 Å². The maximum Gasteiger partial charge on any atom is 0.263 e. The van der Waals surface area contributed by atoms with Crippen LogP contribution < -0.4 is 5.32 Å². The summed E-state index contributed by atoms with van der Waals surface area (Å²) in [5.41, 5.74) is 0.348. The van der Waals surface area contributed by atoms with Crippen LogP contribution in [0.15, 0.2) is 11.0 Å². The van der Waals surface area contributed by atoms with Crippen molar-refractivity contribution < 1.29 is 4.79 Å². The molecule has 3 fully saturated rings. The Balaban J connectivity index is 1.88. The van der Waals surface area contributed by atoms with Gasteiger partial charge in [0.1, 0.15) is 4.32 Å². The summed E-state index contributed by atoms with van der Waals surface area (Å²) in [7, 11) is 0. The molecular weight excluding hydrogens is 250 g/mol. The quantitative estimate of drug-likeness (QED) is 0.585. The standard InChI is InChI=1S/C13H17NOS2/c1-13(2)8-4-3-7(5-8)9(13)6-10-11(15)14-12(16)17-10/h6-9H,3-5H2,1-2H3,(H,14,15,16)/b10-6+. The first-order chi connectivity index (χ1) is 7.98. The minimum Gasteiger partial charge on any atom is -0.307 e. The van der Waals surface area contributed by atoms with Crippen LogP contribution in [0.4, 0.5) is 0 Å². The first kappa shape index (κ1) is 11.7. The van der Waals surface area contributed by atoms with E-state index in [1.54, 1.807) is 0 Å². The molecule has 0 radical (unpaired) electrons. The Morgan fingerprint density at radius 1 is 1.47 bits per heavy atom. The van der Waals surface area contributed by atoms with E-state index in [0.29, 0.717) is 15.7 Å². The van der Waals surface area contributed by atoms with Crippen LogP contribution in [0, 0.1) is 23.2 Å². The molecule has 3 atom stereocenters. The number of carbonyl (C=O) groups is 1. The number of nitrogens with one attached hydrogen (secondary N) is 1. The number of fused-ring (bicyclic) bond motifs is 2. The molecule has 3 rings (SSSR count). The fraction of sp³-hybridized carbons (Fsp3) is 0.692. The molecule has 0 aromatic heterocycles. The molecule has 92 valence electrons. The van der Waals surface area contributed by atoms with Crippen molar-refractivity contribution in [2.45, 2.75) is 33.1 Å². The second-order valence-corrected chi connectivity index (χ2v) is 7.71. The molecule has 3 unspecified atom stereocenters. The molecule has 1 N–H and O–H groups in total. The molecule has 3 aliphatic rings. The third-order valence-corrected chi connectivity index (χ3v) is 6.05. The predicted molar refractivity (Wildman–Crippen MR) is 74.5 cm³/mol. The molecule has 2 aliphatic carbocycles. The highest BCUT2D eigenvalue weighted by Gasteiger charge is 2.52. The smallest absolute Gasteiger partial charge is 0.263 e. The zero-order valence-electron chi connectivity index (χ0n) is 10.2. The fourth-order valence-corrected chi connectivity index (χ4v) is 4.91. The summed E-state index contributed by atoms with van der Waals surface area (Å²) in [6, 6.07) is 0. The Kier molecular flexibility index (Phi) is 2.63. The fourth-order valence-electron chi connectivity index (χ4n) is 3.85. The lowest BCUT2D eigenvalue weighted by molar-refractivity contribution is -0.115. The average Bonchev–Trinajstić information content (AvgIpc) is 2.86. The molecule has 1 aliphatic heterocycles. The van der Waals surface area contributed by atoms with Gasteiger partial charge in [-0.05, 0) is 42.4 Å². The Bertz CT molecular complexity index is 427. The largest absolute Gasteiger partial charge is 0.307 e. The first-order valence-corrected chi connectivity index (χ1v) is 7.46. The summed E-state index contributed by atoms with van der Waals surface area (Å²) in [5.74, 6) is 2.18. The number of thioether (sulfide) groups is 1. The molecule has 0 aromatic rings. The van der Waals surface area contributed by atoms with Crippen molar-refractivity contribution in [3.05, 3.63) is 11.0 Å². The van der Waals surface area contributed by atoms with E-state index in [4.69, 9.17) is 12.2 Å². The minimum atomic E-state index is -0.00132. The van der Waals surface area contributed by atoms with Gasteiger partial charge in [0.15, 0.2) is 0 Å². The van der Waals surface area contributed by atoms with Gasteiger partial charge in [0.05, 0.1) is 4.91 Å². The van der Waals surface area contributed by atoms with Crippen LogP contribution in [-0.4, -0.2) is 10.2 Å². The summed E-state index contributed by atoms with van der Waals surface area (Å²) >= 11 is 6.45. The number of amides is 1. The lowest BCUT2D eigenvalue weighted by Gasteiger charge is -2.36.